The second-order valence-corrected chi connectivity index (χ2v) is 4.61. The second-order valence-electron chi connectivity index (χ2n) is 4.61. The molecular formula is C12H15N7O. The van der Waals surface area contributed by atoms with E-state index in [1.807, 2.05) is 0 Å². The van der Waals surface area contributed by atoms with Crippen LogP contribution in [0.2, 0.25) is 0 Å². The normalized spacial score (nSPS) is 14.1. The number of carbonyl (C=O) groups excluding carboxylic acids is 1. The third-order valence-electron chi connectivity index (χ3n) is 3.10. The fraction of sp³-hybridized carbons (Fsp3) is 0.333. The van der Waals surface area contributed by atoms with E-state index < -0.39 is 0 Å². The Morgan fingerprint density at radius 3 is 2.90 bits per heavy atom. The Hall–Kier alpha value is -2.48. The number of nitrogens with zero attached hydrogens (tertiary/aromatic N) is 4. The van der Waals surface area contributed by atoms with Crippen LogP contribution in [-0.4, -0.2) is 32.7 Å². The number of hydrogen-bond acceptors (Lipinski definition) is 6. The van der Waals surface area contributed by atoms with Crippen LogP contribution in [0, 0.1) is 0 Å². The molecule has 2 aromatic heterocycles. The van der Waals surface area contributed by atoms with Gasteiger partial charge < -0.3 is 10.7 Å². The van der Waals surface area contributed by atoms with Gasteiger partial charge in [-0.3, -0.25) is 4.79 Å². The maximum atomic E-state index is 11.5. The highest BCUT2D eigenvalue weighted by Crippen LogP contribution is 2.38. The fourth-order valence-corrected chi connectivity index (χ4v) is 1.87. The fourth-order valence-electron chi connectivity index (χ4n) is 1.87. The van der Waals surface area contributed by atoms with Crippen LogP contribution in [0.15, 0.2) is 18.3 Å². The van der Waals surface area contributed by atoms with Crippen LogP contribution < -0.4 is 16.6 Å². The van der Waals surface area contributed by atoms with Gasteiger partial charge in [0.05, 0.1) is 0 Å². The number of amides is 1. The Labute approximate surface area is 115 Å². The lowest BCUT2D eigenvalue weighted by Gasteiger charge is -2.06. The summed E-state index contributed by atoms with van der Waals surface area (Å²) in [5.41, 5.74) is 2.86. The minimum Gasteiger partial charge on any atom is -0.354 e. The van der Waals surface area contributed by atoms with E-state index >= 15 is 0 Å². The molecule has 0 atom stereocenters. The lowest BCUT2D eigenvalue weighted by molar-refractivity contribution is 0.0957. The van der Waals surface area contributed by atoms with E-state index in [9.17, 15) is 4.79 Å². The molecule has 0 saturated heterocycles. The lowest BCUT2D eigenvalue weighted by Crippen LogP contribution is -2.18. The molecule has 104 valence electrons. The minimum atomic E-state index is -0.239. The highest BCUT2D eigenvalue weighted by molar-refractivity contribution is 5.91. The zero-order valence-electron chi connectivity index (χ0n) is 11.0. The molecule has 1 saturated carbocycles. The van der Waals surface area contributed by atoms with Crippen molar-refractivity contribution in [1.29, 1.82) is 0 Å². The van der Waals surface area contributed by atoms with Gasteiger partial charge in [-0.05, 0) is 18.9 Å². The molecule has 4 N–H and O–H groups in total. The summed E-state index contributed by atoms with van der Waals surface area (Å²) < 4.78 is 1.54. The molecule has 2 aromatic rings. The number of hydrogen-bond donors (Lipinski definition) is 3. The Morgan fingerprint density at radius 1 is 1.45 bits per heavy atom. The van der Waals surface area contributed by atoms with Gasteiger partial charge in [0.25, 0.3) is 5.91 Å². The Balaban J connectivity index is 1.98. The van der Waals surface area contributed by atoms with Gasteiger partial charge in [-0.1, -0.05) is 0 Å². The third kappa shape index (κ3) is 2.32. The molecule has 8 nitrogen and oxygen atoms in total. The predicted molar refractivity (Wildman–Crippen MR) is 72.3 cm³/mol. The Morgan fingerprint density at radius 2 is 2.25 bits per heavy atom. The van der Waals surface area contributed by atoms with Crippen LogP contribution >= 0.6 is 0 Å². The standard InChI is InChI=1S/C12H15N7O/c1-14-12(20)8-4-5-19(18-8)10-6-9(17-13)15-11(16-10)7-2-3-7/h4-7H,2-3,13H2,1H3,(H,14,20)(H,15,16,17). The number of nitrogen functional groups attached to an aromatic ring is 1. The first kappa shape index (κ1) is 12.5. The third-order valence-corrected chi connectivity index (χ3v) is 3.10. The van der Waals surface area contributed by atoms with Crippen LogP contribution in [0.25, 0.3) is 5.82 Å². The quantitative estimate of drug-likeness (QED) is 0.541. The zero-order chi connectivity index (χ0) is 14.1. The average Bonchev–Trinajstić information content (AvgIpc) is 3.23. The first-order valence-corrected chi connectivity index (χ1v) is 6.35. The Bertz CT molecular complexity index is 647. The van der Waals surface area contributed by atoms with Gasteiger partial charge in [0.15, 0.2) is 11.5 Å². The highest BCUT2D eigenvalue weighted by Gasteiger charge is 2.27. The molecule has 0 bridgehead atoms. The molecule has 0 spiro atoms. The van der Waals surface area contributed by atoms with Gasteiger partial charge in [0.2, 0.25) is 0 Å². The maximum absolute atomic E-state index is 11.5. The molecule has 1 aliphatic carbocycles. The van der Waals surface area contributed by atoms with Crippen LogP contribution in [0.5, 0.6) is 0 Å². The molecular weight excluding hydrogens is 258 g/mol. The molecule has 0 aromatic carbocycles. The van der Waals surface area contributed by atoms with Gasteiger partial charge in [0.1, 0.15) is 11.6 Å². The summed E-state index contributed by atoms with van der Waals surface area (Å²) in [7, 11) is 1.56. The van der Waals surface area contributed by atoms with Gasteiger partial charge >= 0.3 is 0 Å². The molecule has 1 amide bonds. The van der Waals surface area contributed by atoms with Crippen molar-refractivity contribution in [3.05, 3.63) is 29.8 Å². The van der Waals surface area contributed by atoms with Crippen molar-refractivity contribution in [3.63, 3.8) is 0 Å². The number of aromatic nitrogens is 4. The summed E-state index contributed by atoms with van der Waals surface area (Å²) in [4.78, 5) is 20.3. The van der Waals surface area contributed by atoms with Crippen LogP contribution in [0.1, 0.15) is 35.1 Å². The van der Waals surface area contributed by atoms with Gasteiger partial charge in [-0.2, -0.15) is 5.10 Å². The largest absolute Gasteiger partial charge is 0.354 e. The average molecular weight is 273 g/mol. The Kier molecular flexibility index (Phi) is 3.07. The lowest BCUT2D eigenvalue weighted by atomic mass is 10.4. The number of rotatable bonds is 4. The van der Waals surface area contributed by atoms with E-state index in [-0.39, 0.29) is 5.91 Å². The summed E-state index contributed by atoms with van der Waals surface area (Å²) in [5, 5.41) is 6.72. The molecule has 1 fully saturated rings. The molecule has 3 rings (SSSR count). The maximum Gasteiger partial charge on any atom is 0.271 e. The van der Waals surface area contributed by atoms with E-state index in [4.69, 9.17) is 5.84 Å². The smallest absolute Gasteiger partial charge is 0.271 e. The first-order chi connectivity index (χ1) is 9.71. The van der Waals surface area contributed by atoms with E-state index in [0.717, 1.165) is 18.7 Å². The van der Waals surface area contributed by atoms with Crippen molar-refractivity contribution in [1.82, 2.24) is 25.1 Å². The summed E-state index contributed by atoms with van der Waals surface area (Å²) in [6, 6.07) is 3.32. The number of anilines is 1. The highest BCUT2D eigenvalue weighted by atomic mass is 16.1. The van der Waals surface area contributed by atoms with Crippen molar-refractivity contribution < 1.29 is 4.79 Å². The molecule has 8 heteroatoms. The van der Waals surface area contributed by atoms with Crippen molar-refractivity contribution >= 4 is 11.7 Å². The van der Waals surface area contributed by atoms with E-state index in [1.165, 1.54) is 0 Å². The van der Waals surface area contributed by atoms with Crippen molar-refractivity contribution in [2.24, 2.45) is 5.84 Å². The van der Waals surface area contributed by atoms with Crippen LogP contribution in [0.3, 0.4) is 0 Å². The predicted octanol–water partition coefficient (Wildman–Crippen LogP) is 0.185. The SMILES string of the molecule is CNC(=O)c1ccn(-c2cc(NN)nc(C3CC3)n2)n1. The van der Waals surface area contributed by atoms with Crippen molar-refractivity contribution in [2.75, 3.05) is 12.5 Å². The number of nitrogens with one attached hydrogen (secondary N) is 2. The summed E-state index contributed by atoms with van der Waals surface area (Å²) in [5.74, 6) is 7.47. The number of nitrogens with two attached hydrogens (primary N) is 1. The first-order valence-electron chi connectivity index (χ1n) is 6.35. The summed E-state index contributed by atoms with van der Waals surface area (Å²) in [6.45, 7) is 0. The van der Waals surface area contributed by atoms with E-state index in [2.05, 4.69) is 25.8 Å². The molecule has 1 aliphatic rings. The van der Waals surface area contributed by atoms with E-state index in [0.29, 0.717) is 23.2 Å². The summed E-state index contributed by atoms with van der Waals surface area (Å²) >= 11 is 0. The van der Waals surface area contributed by atoms with Gasteiger partial charge in [0, 0.05) is 25.2 Å². The monoisotopic (exact) mass is 273 g/mol. The van der Waals surface area contributed by atoms with Crippen molar-refractivity contribution in [2.45, 2.75) is 18.8 Å². The van der Waals surface area contributed by atoms with Crippen LogP contribution in [0.4, 0.5) is 5.82 Å². The minimum absolute atomic E-state index is 0.239. The molecule has 0 aliphatic heterocycles. The van der Waals surface area contributed by atoms with Crippen molar-refractivity contribution in [3.8, 4) is 5.82 Å². The van der Waals surface area contributed by atoms with Gasteiger partial charge in [-0.15, -0.1) is 0 Å². The number of carbonyl (C=O) groups is 1. The molecule has 2 heterocycles. The second kappa shape index (κ2) is 4.89. The van der Waals surface area contributed by atoms with E-state index in [1.54, 1.807) is 30.1 Å². The molecule has 20 heavy (non-hydrogen) atoms. The van der Waals surface area contributed by atoms with Gasteiger partial charge in [-0.25, -0.2) is 20.5 Å². The summed E-state index contributed by atoms with van der Waals surface area (Å²) in [6.07, 6.45) is 3.87. The van der Waals surface area contributed by atoms with Crippen LogP contribution in [-0.2, 0) is 0 Å². The molecule has 0 unspecified atom stereocenters. The zero-order valence-corrected chi connectivity index (χ0v) is 11.0. The topological polar surface area (TPSA) is 111 Å². The number of hydrazine groups is 1. The molecule has 0 radical (unpaired) electrons.